The summed E-state index contributed by atoms with van der Waals surface area (Å²) >= 11 is 1.50. The number of amides is 2. The number of likely N-dealkylation sites (tertiary alicyclic amines) is 1. The smallest absolute Gasteiger partial charge is 0.241 e. The molecule has 1 fully saturated rings. The molecule has 2 aromatic rings. The zero-order valence-electron chi connectivity index (χ0n) is 14.1. The Morgan fingerprint density at radius 2 is 1.56 bits per heavy atom. The lowest BCUT2D eigenvalue weighted by Gasteiger charge is -2.19. The molecule has 1 N–H and O–H groups in total. The average molecular weight is 354 g/mol. The van der Waals surface area contributed by atoms with Gasteiger partial charge in [-0.05, 0) is 30.5 Å². The van der Waals surface area contributed by atoms with E-state index < -0.39 is 0 Å². The second-order valence-corrected chi connectivity index (χ2v) is 7.21. The molecule has 5 heteroatoms. The van der Waals surface area contributed by atoms with Crippen LogP contribution in [0.1, 0.15) is 23.7 Å². The Kier molecular flexibility index (Phi) is 6.12. The number of carbonyl (C=O) groups excluding carboxylic acids is 2. The summed E-state index contributed by atoms with van der Waals surface area (Å²) in [6, 6.07) is 19.5. The lowest BCUT2D eigenvalue weighted by molar-refractivity contribution is -0.131. The zero-order chi connectivity index (χ0) is 17.5. The van der Waals surface area contributed by atoms with Gasteiger partial charge in [-0.15, -0.1) is 11.8 Å². The molecule has 2 aromatic carbocycles. The lowest BCUT2D eigenvalue weighted by Crippen LogP contribution is -2.39. The van der Waals surface area contributed by atoms with Crippen molar-refractivity contribution >= 4 is 23.6 Å². The average Bonchev–Trinajstić information content (AvgIpc) is 3.20. The Balaban J connectivity index is 1.67. The quantitative estimate of drug-likeness (QED) is 0.810. The maximum atomic E-state index is 12.8. The van der Waals surface area contributed by atoms with Gasteiger partial charge in [0.15, 0.2) is 0 Å². The Bertz CT molecular complexity index is 700. The molecule has 25 heavy (non-hydrogen) atoms. The van der Waals surface area contributed by atoms with Crippen molar-refractivity contribution in [3.8, 4) is 0 Å². The first-order valence-electron chi connectivity index (χ1n) is 8.56. The molecule has 2 amide bonds. The monoisotopic (exact) mass is 354 g/mol. The molecule has 3 rings (SSSR count). The highest BCUT2D eigenvalue weighted by atomic mass is 32.2. The molecular formula is C20H22N2O2S. The van der Waals surface area contributed by atoms with E-state index in [-0.39, 0.29) is 23.6 Å². The summed E-state index contributed by atoms with van der Waals surface area (Å²) in [6.45, 7) is 1.67. The number of carbonyl (C=O) groups is 2. The summed E-state index contributed by atoms with van der Waals surface area (Å²) in [5.41, 5.74) is 0.933. The van der Waals surface area contributed by atoms with Crippen molar-refractivity contribution in [3.05, 3.63) is 66.2 Å². The van der Waals surface area contributed by atoms with Crippen LogP contribution in [0.4, 0.5) is 0 Å². The summed E-state index contributed by atoms with van der Waals surface area (Å²) in [5, 5.41) is 2.45. The first-order chi connectivity index (χ1) is 12.2. The van der Waals surface area contributed by atoms with Gasteiger partial charge >= 0.3 is 0 Å². The van der Waals surface area contributed by atoms with E-state index >= 15 is 0 Å². The molecule has 130 valence electrons. The molecule has 1 aliphatic rings. The maximum Gasteiger partial charge on any atom is 0.241 e. The summed E-state index contributed by atoms with van der Waals surface area (Å²) in [4.78, 5) is 27.8. The number of nitrogens with zero attached hydrogens (tertiary/aromatic N) is 1. The lowest BCUT2D eigenvalue weighted by atomic mass is 10.1. The summed E-state index contributed by atoms with van der Waals surface area (Å²) in [6.07, 6.45) is 2.10. The van der Waals surface area contributed by atoms with Crippen molar-refractivity contribution in [3.63, 3.8) is 0 Å². The number of rotatable bonds is 6. The number of nitrogens with one attached hydrogen (secondary N) is 1. The predicted octanol–water partition coefficient (Wildman–Crippen LogP) is 3.26. The first-order valence-corrected chi connectivity index (χ1v) is 9.44. The fraction of sp³-hybridized carbons (Fsp3) is 0.300. The van der Waals surface area contributed by atoms with Gasteiger partial charge in [-0.1, -0.05) is 48.5 Å². The van der Waals surface area contributed by atoms with E-state index in [0.29, 0.717) is 0 Å². The highest BCUT2D eigenvalue weighted by molar-refractivity contribution is 8.00. The molecule has 1 heterocycles. The van der Waals surface area contributed by atoms with Crippen molar-refractivity contribution in [2.75, 3.05) is 19.6 Å². The topological polar surface area (TPSA) is 49.4 Å². The van der Waals surface area contributed by atoms with E-state index in [4.69, 9.17) is 0 Å². The van der Waals surface area contributed by atoms with Crippen LogP contribution in [0.15, 0.2) is 65.6 Å². The fourth-order valence-corrected chi connectivity index (χ4v) is 3.94. The molecular weight excluding hydrogens is 332 g/mol. The van der Waals surface area contributed by atoms with E-state index in [1.54, 1.807) is 0 Å². The van der Waals surface area contributed by atoms with Gasteiger partial charge in [-0.25, -0.2) is 0 Å². The van der Waals surface area contributed by atoms with Crippen LogP contribution < -0.4 is 5.32 Å². The van der Waals surface area contributed by atoms with Crippen LogP contribution in [0.5, 0.6) is 0 Å². The van der Waals surface area contributed by atoms with Crippen molar-refractivity contribution in [2.24, 2.45) is 0 Å². The Morgan fingerprint density at radius 1 is 0.960 bits per heavy atom. The van der Waals surface area contributed by atoms with Gasteiger partial charge in [0.2, 0.25) is 11.8 Å². The first kappa shape index (κ1) is 17.5. The van der Waals surface area contributed by atoms with Crippen molar-refractivity contribution in [2.45, 2.75) is 23.0 Å². The molecule has 1 unspecified atom stereocenters. The molecule has 0 radical (unpaired) electrons. The molecule has 0 aromatic heterocycles. The standard InChI is InChI=1S/C20H22N2O2S/c23-18(22-13-7-8-14-22)15-21-20(24)19(16-9-3-1-4-10-16)25-17-11-5-2-6-12-17/h1-6,9-12,19H,7-8,13-15H2,(H,21,24). The van der Waals surface area contributed by atoms with Gasteiger partial charge in [-0.2, -0.15) is 0 Å². The van der Waals surface area contributed by atoms with E-state index in [1.165, 1.54) is 11.8 Å². The summed E-state index contributed by atoms with van der Waals surface area (Å²) in [5.74, 6) is -0.130. The van der Waals surface area contributed by atoms with Crippen molar-refractivity contribution in [1.29, 1.82) is 0 Å². The minimum Gasteiger partial charge on any atom is -0.346 e. The van der Waals surface area contributed by atoms with Gasteiger partial charge in [0.1, 0.15) is 5.25 Å². The Hall–Kier alpha value is -2.27. The second-order valence-electron chi connectivity index (χ2n) is 6.03. The van der Waals surface area contributed by atoms with E-state index in [1.807, 2.05) is 65.6 Å². The third-order valence-corrected chi connectivity index (χ3v) is 5.48. The van der Waals surface area contributed by atoms with Gasteiger partial charge < -0.3 is 10.2 Å². The van der Waals surface area contributed by atoms with Crippen molar-refractivity contribution < 1.29 is 9.59 Å². The maximum absolute atomic E-state index is 12.8. The minimum atomic E-state index is -0.380. The van der Waals surface area contributed by atoms with Crippen LogP contribution in [0.3, 0.4) is 0 Å². The molecule has 0 spiro atoms. The van der Waals surface area contributed by atoms with Gasteiger partial charge in [0.25, 0.3) is 0 Å². The van der Waals surface area contributed by atoms with Crippen LogP contribution >= 0.6 is 11.8 Å². The van der Waals surface area contributed by atoms with Crippen molar-refractivity contribution in [1.82, 2.24) is 10.2 Å². The van der Waals surface area contributed by atoms with Crippen LogP contribution in [0, 0.1) is 0 Å². The Morgan fingerprint density at radius 3 is 2.20 bits per heavy atom. The third-order valence-electron chi connectivity index (χ3n) is 4.21. The number of thioether (sulfide) groups is 1. The zero-order valence-corrected chi connectivity index (χ0v) is 14.9. The van der Waals surface area contributed by atoms with Gasteiger partial charge in [-0.3, -0.25) is 9.59 Å². The molecule has 0 aliphatic carbocycles. The molecule has 4 nitrogen and oxygen atoms in total. The second kappa shape index (κ2) is 8.72. The molecule has 1 aliphatic heterocycles. The van der Waals surface area contributed by atoms with Crippen LogP contribution in [0.2, 0.25) is 0 Å². The number of hydrogen-bond donors (Lipinski definition) is 1. The SMILES string of the molecule is O=C(NCC(=O)N1CCCC1)C(Sc1ccccc1)c1ccccc1. The van der Waals surface area contributed by atoms with Crippen LogP contribution in [0.25, 0.3) is 0 Å². The molecule has 0 saturated carbocycles. The highest BCUT2D eigenvalue weighted by Gasteiger charge is 2.24. The largest absolute Gasteiger partial charge is 0.346 e. The van der Waals surface area contributed by atoms with E-state index in [9.17, 15) is 9.59 Å². The van der Waals surface area contributed by atoms with Crippen LogP contribution in [-0.2, 0) is 9.59 Å². The fourth-order valence-electron chi connectivity index (χ4n) is 2.87. The highest BCUT2D eigenvalue weighted by Crippen LogP contribution is 2.35. The molecule has 1 atom stereocenters. The summed E-state index contributed by atoms with van der Waals surface area (Å²) < 4.78 is 0. The molecule has 1 saturated heterocycles. The number of benzene rings is 2. The Labute approximate surface area is 152 Å². The van der Waals surface area contributed by atoms with E-state index in [0.717, 1.165) is 36.4 Å². The van der Waals surface area contributed by atoms with Crippen LogP contribution in [-0.4, -0.2) is 36.3 Å². The minimum absolute atomic E-state index is 0.00220. The van der Waals surface area contributed by atoms with Gasteiger partial charge in [0, 0.05) is 18.0 Å². The van der Waals surface area contributed by atoms with E-state index in [2.05, 4.69) is 5.32 Å². The molecule has 0 bridgehead atoms. The predicted molar refractivity (Wildman–Crippen MR) is 100 cm³/mol. The normalized spacial score (nSPS) is 15.0. The third kappa shape index (κ3) is 4.86. The number of hydrogen-bond acceptors (Lipinski definition) is 3. The van der Waals surface area contributed by atoms with Gasteiger partial charge in [0.05, 0.1) is 6.54 Å². The summed E-state index contributed by atoms with van der Waals surface area (Å²) in [7, 11) is 0.